The summed E-state index contributed by atoms with van der Waals surface area (Å²) in [6.07, 6.45) is 7.07. The second-order valence-corrected chi connectivity index (χ2v) is 9.37. The zero-order valence-electron chi connectivity index (χ0n) is 21.4. The van der Waals surface area contributed by atoms with Gasteiger partial charge in [-0.2, -0.15) is 0 Å². The first-order chi connectivity index (χ1) is 17.9. The highest BCUT2D eigenvalue weighted by Gasteiger charge is 2.35. The molecule has 0 aliphatic carbocycles. The number of amides is 1. The molecule has 0 unspecified atom stereocenters. The lowest BCUT2D eigenvalue weighted by molar-refractivity contribution is -0.127. The summed E-state index contributed by atoms with van der Waals surface area (Å²) in [4.78, 5) is 34.5. The van der Waals surface area contributed by atoms with Crippen molar-refractivity contribution in [3.8, 4) is 23.8 Å². The number of hydrogen-bond acceptors (Lipinski definition) is 6. The van der Waals surface area contributed by atoms with Crippen LogP contribution in [0.15, 0.2) is 69.6 Å². The van der Waals surface area contributed by atoms with E-state index < -0.39 is 6.04 Å². The molecule has 0 bridgehead atoms. The predicted octanol–water partition coefficient (Wildman–Crippen LogP) is 3.12. The van der Waals surface area contributed by atoms with Crippen LogP contribution < -0.4 is 24.4 Å². The quantitative estimate of drug-likeness (QED) is 0.432. The Morgan fingerprint density at radius 3 is 2.54 bits per heavy atom. The Balaban J connectivity index is 1.90. The van der Waals surface area contributed by atoms with Gasteiger partial charge in [0.1, 0.15) is 24.1 Å². The van der Waals surface area contributed by atoms with Crippen LogP contribution in [-0.4, -0.2) is 42.2 Å². The summed E-state index contributed by atoms with van der Waals surface area (Å²) in [5, 5.41) is 0. The van der Waals surface area contributed by atoms with Crippen molar-refractivity contribution in [1.29, 1.82) is 0 Å². The van der Waals surface area contributed by atoms with Gasteiger partial charge in [-0.1, -0.05) is 47.6 Å². The van der Waals surface area contributed by atoms with Crippen LogP contribution in [0.2, 0.25) is 0 Å². The molecule has 0 saturated heterocycles. The Labute approximate surface area is 220 Å². The van der Waals surface area contributed by atoms with Gasteiger partial charge < -0.3 is 14.4 Å². The van der Waals surface area contributed by atoms with E-state index in [-0.39, 0.29) is 18.1 Å². The Morgan fingerprint density at radius 2 is 1.89 bits per heavy atom. The number of rotatable bonds is 8. The van der Waals surface area contributed by atoms with Gasteiger partial charge in [0.05, 0.1) is 22.9 Å². The van der Waals surface area contributed by atoms with Crippen molar-refractivity contribution in [2.24, 2.45) is 4.99 Å². The predicted molar refractivity (Wildman–Crippen MR) is 145 cm³/mol. The van der Waals surface area contributed by atoms with Gasteiger partial charge in [0.2, 0.25) is 0 Å². The summed E-state index contributed by atoms with van der Waals surface area (Å²) < 4.78 is 13.2. The topological polar surface area (TPSA) is 73.1 Å². The molecule has 1 atom stereocenters. The molecule has 0 spiro atoms. The number of hydrogen-bond donors (Lipinski definition) is 0. The van der Waals surface area contributed by atoms with Gasteiger partial charge in [0, 0.05) is 18.7 Å². The van der Waals surface area contributed by atoms with Crippen LogP contribution in [0.4, 0.5) is 0 Å². The van der Waals surface area contributed by atoms with Crippen molar-refractivity contribution in [3.63, 3.8) is 0 Å². The van der Waals surface area contributed by atoms with Crippen molar-refractivity contribution in [3.05, 3.63) is 90.6 Å². The normalized spacial score (nSPS) is 15.0. The Bertz CT molecular complexity index is 1550. The summed E-state index contributed by atoms with van der Waals surface area (Å²) in [6, 6.07) is 14.2. The minimum Gasteiger partial charge on any atom is -0.496 e. The number of ether oxygens (including phenoxy) is 2. The monoisotopic (exact) mass is 515 g/mol. The zero-order chi connectivity index (χ0) is 26.5. The number of methoxy groups -OCH3 is 1. The summed E-state index contributed by atoms with van der Waals surface area (Å²) in [6.45, 7) is 6.99. The molecular formula is C29H29N3O4S. The Kier molecular flexibility index (Phi) is 7.95. The Morgan fingerprint density at radius 1 is 1.19 bits per heavy atom. The second-order valence-electron chi connectivity index (χ2n) is 8.36. The highest BCUT2D eigenvalue weighted by atomic mass is 32.1. The maximum Gasteiger partial charge on any atom is 0.271 e. The van der Waals surface area contributed by atoms with Gasteiger partial charge in [0.25, 0.3) is 11.5 Å². The summed E-state index contributed by atoms with van der Waals surface area (Å²) in [5.41, 5.74) is 2.42. The number of likely N-dealkylation sites (N-methyl/N-ethyl adjacent to an activating group) is 1. The van der Waals surface area contributed by atoms with E-state index in [0.29, 0.717) is 45.2 Å². The van der Waals surface area contributed by atoms with Crippen LogP contribution in [0.25, 0.3) is 6.08 Å². The highest BCUT2D eigenvalue weighted by Crippen LogP contribution is 2.36. The van der Waals surface area contributed by atoms with Crippen LogP contribution in [0.5, 0.6) is 11.5 Å². The molecule has 37 heavy (non-hydrogen) atoms. The minimum absolute atomic E-state index is 0.140. The molecule has 1 aromatic heterocycles. The van der Waals surface area contributed by atoms with E-state index in [0.717, 1.165) is 11.1 Å². The first-order valence-electron chi connectivity index (χ1n) is 12.0. The molecule has 0 radical (unpaired) electrons. The largest absolute Gasteiger partial charge is 0.496 e. The lowest BCUT2D eigenvalue weighted by Gasteiger charge is -2.29. The fraction of sp³-hybridized carbons (Fsp3) is 0.276. The molecule has 0 fully saturated rings. The maximum atomic E-state index is 13.8. The molecule has 3 aromatic rings. The van der Waals surface area contributed by atoms with Gasteiger partial charge in [-0.15, -0.1) is 6.42 Å². The number of thiazole rings is 1. The van der Waals surface area contributed by atoms with Crippen LogP contribution in [0, 0.1) is 12.3 Å². The number of terminal acetylenes is 1. The van der Waals surface area contributed by atoms with E-state index >= 15 is 0 Å². The van der Waals surface area contributed by atoms with Crippen LogP contribution in [0.1, 0.15) is 37.9 Å². The van der Waals surface area contributed by atoms with Crippen molar-refractivity contribution in [2.45, 2.75) is 26.8 Å². The summed E-state index contributed by atoms with van der Waals surface area (Å²) in [5.74, 6) is 3.55. The van der Waals surface area contributed by atoms with E-state index in [4.69, 9.17) is 20.9 Å². The third-order valence-corrected chi connectivity index (χ3v) is 7.22. The van der Waals surface area contributed by atoms with Crippen LogP contribution >= 0.6 is 11.3 Å². The van der Waals surface area contributed by atoms with Gasteiger partial charge >= 0.3 is 0 Å². The smallest absolute Gasteiger partial charge is 0.271 e. The van der Waals surface area contributed by atoms with Gasteiger partial charge in [0.15, 0.2) is 4.80 Å². The molecular weight excluding hydrogens is 486 g/mol. The molecule has 4 rings (SSSR count). The first kappa shape index (κ1) is 26.0. The SMILES string of the molecule is C#CCOc1ccc(/C=c2/sc3n(c2=O)[C@@H](c2ccccc2OC)C(C(=O)N(CC)CC)=C(C)N=3)cc1. The minimum atomic E-state index is -0.665. The van der Waals surface area contributed by atoms with Crippen LogP contribution in [0.3, 0.4) is 0 Å². The molecule has 2 aromatic carbocycles. The van der Waals surface area contributed by atoms with Crippen molar-refractivity contribution < 1.29 is 14.3 Å². The molecule has 0 saturated carbocycles. The Hall–Kier alpha value is -4.09. The standard InChI is InChI=1S/C29H29N3O4S/c1-6-17-36-21-15-13-20(14-16-21)18-24-27(33)32-26(22-11-9-10-12-23(22)35-5)25(19(4)30-29(32)37-24)28(34)31(7-2)8-3/h1,9-16,18,26H,7-8,17H2,2-5H3/b24-18+/t26-/m0/s1. The number of carbonyl (C=O) groups is 1. The lowest BCUT2D eigenvalue weighted by atomic mass is 9.94. The zero-order valence-corrected chi connectivity index (χ0v) is 22.2. The van der Waals surface area contributed by atoms with E-state index in [9.17, 15) is 9.59 Å². The van der Waals surface area contributed by atoms with Gasteiger partial charge in [-0.3, -0.25) is 14.2 Å². The maximum absolute atomic E-state index is 13.8. The van der Waals surface area contributed by atoms with Crippen molar-refractivity contribution in [1.82, 2.24) is 9.47 Å². The molecule has 7 nitrogen and oxygen atoms in total. The van der Waals surface area contributed by atoms with Crippen molar-refractivity contribution in [2.75, 3.05) is 26.8 Å². The number of allylic oxidation sites excluding steroid dienone is 1. The number of benzene rings is 2. The van der Waals surface area contributed by atoms with Gasteiger partial charge in [-0.05, 0) is 50.6 Å². The number of carbonyl (C=O) groups excluding carboxylic acids is 1. The average Bonchev–Trinajstić information content (AvgIpc) is 3.22. The molecule has 1 aliphatic heterocycles. The van der Waals surface area contributed by atoms with E-state index in [1.165, 1.54) is 11.3 Å². The van der Waals surface area contributed by atoms with Crippen molar-refractivity contribution >= 4 is 23.3 Å². The molecule has 190 valence electrons. The molecule has 1 amide bonds. The van der Waals surface area contributed by atoms with E-state index in [2.05, 4.69) is 5.92 Å². The molecule has 8 heteroatoms. The fourth-order valence-corrected chi connectivity index (χ4v) is 5.45. The number of fused-ring (bicyclic) bond motifs is 1. The summed E-state index contributed by atoms with van der Waals surface area (Å²) in [7, 11) is 1.59. The highest BCUT2D eigenvalue weighted by molar-refractivity contribution is 7.07. The second kappa shape index (κ2) is 11.3. The number of nitrogens with zero attached hydrogens (tertiary/aromatic N) is 3. The third-order valence-electron chi connectivity index (χ3n) is 6.24. The molecule has 0 N–H and O–H groups in total. The van der Waals surface area contributed by atoms with Crippen LogP contribution in [-0.2, 0) is 4.79 Å². The van der Waals surface area contributed by atoms with E-state index in [1.54, 1.807) is 16.6 Å². The molecule has 2 heterocycles. The average molecular weight is 516 g/mol. The fourth-order valence-electron chi connectivity index (χ4n) is 4.40. The third kappa shape index (κ3) is 5.09. The van der Waals surface area contributed by atoms with E-state index in [1.807, 2.05) is 75.4 Å². The number of para-hydroxylation sites is 1. The number of aromatic nitrogens is 1. The van der Waals surface area contributed by atoms with Gasteiger partial charge in [-0.25, -0.2) is 4.99 Å². The summed E-state index contributed by atoms with van der Waals surface area (Å²) >= 11 is 1.29. The molecule has 1 aliphatic rings. The first-order valence-corrected chi connectivity index (χ1v) is 12.9. The lowest BCUT2D eigenvalue weighted by Crippen LogP contribution is -2.43.